The van der Waals surface area contributed by atoms with Gasteiger partial charge >= 0.3 is 0 Å². The summed E-state index contributed by atoms with van der Waals surface area (Å²) in [6.45, 7) is 0.499. The fraction of sp³-hybridized carbons (Fsp3) is 0.571. The van der Waals surface area contributed by atoms with Gasteiger partial charge in [0.05, 0.1) is 0 Å². The molecule has 3 N–H and O–H groups in total. The van der Waals surface area contributed by atoms with Crippen LogP contribution < -0.4 is 11.1 Å². The van der Waals surface area contributed by atoms with Crippen molar-refractivity contribution in [2.45, 2.75) is 18.9 Å². The van der Waals surface area contributed by atoms with E-state index in [9.17, 15) is 8.42 Å². The summed E-state index contributed by atoms with van der Waals surface area (Å²) in [5.74, 6) is 0. The molecule has 2 rings (SSSR count). The Labute approximate surface area is 76.8 Å². The van der Waals surface area contributed by atoms with E-state index < -0.39 is 10.0 Å². The summed E-state index contributed by atoms with van der Waals surface area (Å²) in [5.41, 5.74) is 5.97. The van der Waals surface area contributed by atoms with E-state index in [2.05, 4.69) is 9.71 Å². The lowest BCUT2D eigenvalue weighted by Crippen LogP contribution is -2.21. The van der Waals surface area contributed by atoms with Crippen LogP contribution in [0.3, 0.4) is 0 Å². The van der Waals surface area contributed by atoms with Gasteiger partial charge in [-0.3, -0.25) is 0 Å². The van der Waals surface area contributed by atoms with Crippen molar-refractivity contribution >= 4 is 16.2 Å². The van der Waals surface area contributed by atoms with Crippen LogP contribution in [0.1, 0.15) is 12.8 Å². The van der Waals surface area contributed by atoms with Crippen LogP contribution in [-0.4, -0.2) is 27.2 Å². The van der Waals surface area contributed by atoms with Crippen LogP contribution >= 0.6 is 0 Å². The molecule has 1 saturated carbocycles. The molecule has 0 aromatic carbocycles. The second kappa shape index (κ2) is 2.81. The predicted octanol–water partition coefficient (Wildman–Crippen LogP) is -0.677. The van der Waals surface area contributed by atoms with Crippen LogP contribution in [0.15, 0.2) is 15.0 Å². The molecule has 0 spiro atoms. The maximum atomic E-state index is 11.0. The lowest BCUT2D eigenvalue weighted by molar-refractivity contribution is 0.604. The smallest absolute Gasteiger partial charge is 0.297 e. The Morgan fingerprint density at radius 1 is 1.62 bits per heavy atom. The Kier molecular flexibility index (Phi) is 1.88. The molecule has 0 unspecified atom stereocenters. The molecule has 2 aliphatic rings. The number of rotatable bonds is 3. The highest BCUT2D eigenvalue weighted by molar-refractivity contribution is 7.94. The summed E-state index contributed by atoms with van der Waals surface area (Å²) in [6.07, 6.45) is 3.65. The molecule has 0 saturated heterocycles. The van der Waals surface area contributed by atoms with Crippen molar-refractivity contribution in [2.24, 2.45) is 10.1 Å². The number of nitrogens with zero attached hydrogens (tertiary/aromatic N) is 1. The predicted molar refractivity (Wildman–Crippen MR) is 49.6 cm³/mol. The summed E-state index contributed by atoms with van der Waals surface area (Å²) < 4.78 is 25.4. The molecule has 0 aromatic heterocycles. The Bertz CT molecular complexity index is 379. The molecular formula is C7H11N3O2S. The van der Waals surface area contributed by atoms with E-state index in [1.54, 1.807) is 0 Å². The molecule has 5 nitrogen and oxygen atoms in total. The third kappa shape index (κ3) is 1.73. The van der Waals surface area contributed by atoms with Crippen LogP contribution in [0, 0.1) is 0 Å². The van der Waals surface area contributed by atoms with E-state index in [-0.39, 0.29) is 5.03 Å². The van der Waals surface area contributed by atoms with Crippen molar-refractivity contribution in [2.75, 3.05) is 6.54 Å². The van der Waals surface area contributed by atoms with Crippen molar-refractivity contribution in [3.8, 4) is 0 Å². The fourth-order valence-electron chi connectivity index (χ4n) is 1.09. The number of hydrogen-bond donors (Lipinski definition) is 2. The van der Waals surface area contributed by atoms with Crippen LogP contribution in [0.2, 0.25) is 0 Å². The minimum Gasteiger partial charge on any atom is -0.388 e. The monoisotopic (exact) mass is 201 g/mol. The van der Waals surface area contributed by atoms with E-state index in [4.69, 9.17) is 5.73 Å². The maximum absolute atomic E-state index is 11.0. The maximum Gasteiger partial charge on any atom is 0.297 e. The Morgan fingerprint density at radius 3 is 2.77 bits per heavy atom. The van der Waals surface area contributed by atoms with Gasteiger partial charge < -0.3 is 11.1 Å². The standard InChI is InChI=1S/C7H11N3O2S/c8-7-5(3-9-6-1-2-6)4-10-13(7,11)12/h4,6,9H,1-3,8H2. The van der Waals surface area contributed by atoms with E-state index in [0.29, 0.717) is 18.2 Å². The number of nitrogens with two attached hydrogens (primary N) is 1. The molecule has 0 bridgehead atoms. The second-order valence-corrected chi connectivity index (χ2v) is 4.86. The highest BCUT2D eigenvalue weighted by atomic mass is 32.2. The lowest BCUT2D eigenvalue weighted by atomic mass is 10.3. The third-order valence-corrected chi connectivity index (χ3v) is 3.30. The van der Waals surface area contributed by atoms with Crippen molar-refractivity contribution in [1.29, 1.82) is 0 Å². The molecular weight excluding hydrogens is 190 g/mol. The highest BCUT2D eigenvalue weighted by Crippen LogP contribution is 2.20. The summed E-state index contributed by atoms with van der Waals surface area (Å²) in [4.78, 5) is 0. The zero-order valence-corrected chi connectivity index (χ0v) is 7.84. The molecule has 0 radical (unpaired) electrons. The van der Waals surface area contributed by atoms with Gasteiger partial charge in [0.15, 0.2) is 5.03 Å². The molecule has 0 atom stereocenters. The molecule has 1 heterocycles. The highest BCUT2D eigenvalue weighted by Gasteiger charge is 2.25. The largest absolute Gasteiger partial charge is 0.388 e. The summed E-state index contributed by atoms with van der Waals surface area (Å²) in [7, 11) is -3.51. The molecule has 1 fully saturated rings. The zero-order valence-electron chi connectivity index (χ0n) is 7.03. The van der Waals surface area contributed by atoms with Gasteiger partial charge in [-0.25, -0.2) is 0 Å². The molecule has 1 aliphatic heterocycles. The molecule has 0 amide bonds. The fourth-order valence-corrected chi connectivity index (χ4v) is 1.93. The van der Waals surface area contributed by atoms with Gasteiger partial charge in [0.25, 0.3) is 10.0 Å². The summed E-state index contributed by atoms with van der Waals surface area (Å²) in [5, 5.41) is 3.06. The molecule has 1 aliphatic carbocycles. The number of sulfonamides is 1. The first-order chi connectivity index (χ1) is 6.09. The molecule has 0 aromatic rings. The van der Waals surface area contributed by atoms with Gasteiger partial charge in [-0.1, -0.05) is 0 Å². The Morgan fingerprint density at radius 2 is 2.31 bits per heavy atom. The van der Waals surface area contributed by atoms with Gasteiger partial charge in [0.1, 0.15) is 0 Å². The van der Waals surface area contributed by atoms with E-state index in [1.807, 2.05) is 0 Å². The molecule has 6 heteroatoms. The second-order valence-electron chi connectivity index (χ2n) is 3.25. The van der Waals surface area contributed by atoms with Crippen LogP contribution in [0.4, 0.5) is 0 Å². The number of nitrogens with one attached hydrogen (secondary N) is 1. The topological polar surface area (TPSA) is 84.5 Å². The van der Waals surface area contributed by atoms with Crippen molar-refractivity contribution in [3.05, 3.63) is 10.6 Å². The van der Waals surface area contributed by atoms with E-state index in [0.717, 1.165) is 12.8 Å². The molecule has 72 valence electrons. The first-order valence-corrected chi connectivity index (χ1v) is 5.56. The Hall–Kier alpha value is -0.880. The van der Waals surface area contributed by atoms with E-state index in [1.165, 1.54) is 6.21 Å². The zero-order chi connectivity index (χ0) is 9.47. The van der Waals surface area contributed by atoms with Crippen molar-refractivity contribution in [1.82, 2.24) is 5.32 Å². The van der Waals surface area contributed by atoms with Gasteiger partial charge in [-0.05, 0) is 12.8 Å². The van der Waals surface area contributed by atoms with Crippen molar-refractivity contribution < 1.29 is 8.42 Å². The summed E-state index contributed by atoms with van der Waals surface area (Å²) in [6, 6.07) is 0.539. The van der Waals surface area contributed by atoms with Gasteiger partial charge in [-0.2, -0.15) is 12.8 Å². The molecule has 13 heavy (non-hydrogen) atoms. The quantitative estimate of drug-likeness (QED) is 0.633. The average Bonchev–Trinajstić information content (AvgIpc) is 2.83. The van der Waals surface area contributed by atoms with E-state index >= 15 is 0 Å². The number of hydrogen-bond acceptors (Lipinski definition) is 4. The lowest BCUT2D eigenvalue weighted by Gasteiger charge is -2.01. The first-order valence-electron chi connectivity index (χ1n) is 4.12. The first kappa shape index (κ1) is 8.71. The minimum atomic E-state index is -3.51. The van der Waals surface area contributed by atoms with Crippen molar-refractivity contribution in [3.63, 3.8) is 0 Å². The third-order valence-electron chi connectivity index (χ3n) is 2.10. The van der Waals surface area contributed by atoms with Gasteiger partial charge in [-0.15, -0.1) is 0 Å². The van der Waals surface area contributed by atoms with Crippen LogP contribution in [-0.2, 0) is 10.0 Å². The minimum absolute atomic E-state index is 0.111. The van der Waals surface area contributed by atoms with Crippen LogP contribution in [0.5, 0.6) is 0 Å². The summed E-state index contributed by atoms with van der Waals surface area (Å²) >= 11 is 0. The van der Waals surface area contributed by atoms with Gasteiger partial charge in [0, 0.05) is 24.4 Å². The average molecular weight is 201 g/mol. The normalized spacial score (nSPS) is 25.5. The Balaban J connectivity index is 2.06. The SMILES string of the molecule is NC1=C(CNC2CC2)C=NS1(=O)=O. The van der Waals surface area contributed by atoms with Gasteiger partial charge in [0.2, 0.25) is 0 Å². The van der Waals surface area contributed by atoms with Crippen LogP contribution in [0.25, 0.3) is 0 Å².